The Morgan fingerprint density at radius 1 is 0.903 bits per heavy atom. The zero-order chi connectivity index (χ0) is 23.2. The van der Waals surface area contributed by atoms with Gasteiger partial charge in [0.05, 0.1) is 5.56 Å². The standard InChI is InChI=1S/C24H30F3N3O/c1-7-8-15-11-17(23(5,6)14-22(2,3)4)13-20(21(15)31)30-28-18-10-9-16(24(25,26)27)12-19(18)29-30/h9-13,31H,7-8,14H2,1-6H3. The van der Waals surface area contributed by atoms with Crippen LogP contribution in [0.3, 0.4) is 0 Å². The van der Waals surface area contributed by atoms with E-state index in [9.17, 15) is 18.3 Å². The molecule has 0 aliphatic rings. The van der Waals surface area contributed by atoms with Crippen molar-refractivity contribution in [3.8, 4) is 11.4 Å². The second kappa shape index (κ2) is 7.84. The molecule has 0 saturated carbocycles. The Hall–Kier alpha value is -2.57. The van der Waals surface area contributed by atoms with Crippen molar-refractivity contribution in [1.82, 2.24) is 15.0 Å². The molecule has 0 spiro atoms. The van der Waals surface area contributed by atoms with Gasteiger partial charge in [-0.25, -0.2) is 0 Å². The third-order valence-corrected chi connectivity index (χ3v) is 5.36. The summed E-state index contributed by atoms with van der Waals surface area (Å²) in [6, 6.07) is 7.16. The maximum absolute atomic E-state index is 13.1. The number of halogens is 3. The molecular formula is C24H30F3N3O. The number of rotatable bonds is 5. The summed E-state index contributed by atoms with van der Waals surface area (Å²) in [4.78, 5) is 1.25. The highest BCUT2D eigenvalue weighted by atomic mass is 19.4. The number of hydrogen-bond donors (Lipinski definition) is 1. The lowest BCUT2D eigenvalue weighted by atomic mass is 9.72. The number of fused-ring (bicyclic) bond motifs is 1. The van der Waals surface area contributed by atoms with E-state index in [4.69, 9.17) is 0 Å². The van der Waals surface area contributed by atoms with Crippen LogP contribution < -0.4 is 0 Å². The first-order valence-corrected chi connectivity index (χ1v) is 10.5. The molecule has 0 fully saturated rings. The molecule has 0 saturated heterocycles. The Bertz CT molecular complexity index is 1090. The minimum atomic E-state index is -4.45. The summed E-state index contributed by atoms with van der Waals surface area (Å²) in [5.41, 5.74) is 1.81. The fourth-order valence-corrected chi connectivity index (χ4v) is 4.31. The lowest BCUT2D eigenvalue weighted by Gasteiger charge is -2.33. The van der Waals surface area contributed by atoms with Gasteiger partial charge in [-0.2, -0.15) is 13.2 Å². The Kier molecular flexibility index (Phi) is 5.84. The summed E-state index contributed by atoms with van der Waals surface area (Å²) in [5.74, 6) is 0.0634. The molecule has 1 N–H and O–H groups in total. The number of aromatic hydroxyl groups is 1. The molecule has 3 aromatic rings. The van der Waals surface area contributed by atoms with E-state index in [0.29, 0.717) is 17.6 Å². The van der Waals surface area contributed by atoms with Gasteiger partial charge < -0.3 is 5.11 Å². The average molecular weight is 434 g/mol. The molecule has 1 heterocycles. The lowest BCUT2D eigenvalue weighted by Crippen LogP contribution is -2.25. The van der Waals surface area contributed by atoms with Gasteiger partial charge in [0.25, 0.3) is 0 Å². The van der Waals surface area contributed by atoms with Gasteiger partial charge in [0.1, 0.15) is 22.5 Å². The van der Waals surface area contributed by atoms with Crippen molar-refractivity contribution >= 4 is 11.0 Å². The molecule has 0 atom stereocenters. The van der Waals surface area contributed by atoms with E-state index < -0.39 is 11.7 Å². The fourth-order valence-electron chi connectivity index (χ4n) is 4.31. The molecule has 1 aromatic heterocycles. The topological polar surface area (TPSA) is 50.9 Å². The zero-order valence-corrected chi connectivity index (χ0v) is 18.9. The summed E-state index contributed by atoms with van der Waals surface area (Å²) in [6.45, 7) is 12.9. The van der Waals surface area contributed by atoms with Gasteiger partial charge >= 0.3 is 6.18 Å². The maximum atomic E-state index is 13.1. The van der Waals surface area contributed by atoms with Gasteiger partial charge in [0.2, 0.25) is 0 Å². The van der Waals surface area contributed by atoms with E-state index in [1.165, 1.54) is 10.9 Å². The Morgan fingerprint density at radius 3 is 2.13 bits per heavy atom. The molecule has 7 heteroatoms. The Morgan fingerprint density at radius 2 is 1.55 bits per heavy atom. The van der Waals surface area contributed by atoms with E-state index in [1.807, 2.05) is 19.1 Å². The van der Waals surface area contributed by atoms with Crippen LogP contribution in [0.25, 0.3) is 16.7 Å². The number of hydrogen-bond acceptors (Lipinski definition) is 3. The molecule has 0 unspecified atom stereocenters. The normalized spacial score (nSPS) is 13.2. The molecular weight excluding hydrogens is 403 g/mol. The highest BCUT2D eigenvalue weighted by molar-refractivity contribution is 5.75. The summed E-state index contributed by atoms with van der Waals surface area (Å²) < 4.78 is 39.2. The van der Waals surface area contributed by atoms with Gasteiger partial charge in [0.15, 0.2) is 0 Å². The fraction of sp³-hybridized carbons (Fsp3) is 0.500. The van der Waals surface area contributed by atoms with Gasteiger partial charge in [-0.3, -0.25) is 0 Å². The van der Waals surface area contributed by atoms with Crippen LogP contribution in [0.2, 0.25) is 0 Å². The van der Waals surface area contributed by atoms with Crippen LogP contribution >= 0.6 is 0 Å². The van der Waals surface area contributed by atoms with Gasteiger partial charge in [-0.05, 0) is 59.1 Å². The summed E-state index contributed by atoms with van der Waals surface area (Å²) >= 11 is 0. The number of benzene rings is 2. The minimum Gasteiger partial charge on any atom is -0.505 e. The van der Waals surface area contributed by atoms with Crippen molar-refractivity contribution in [3.63, 3.8) is 0 Å². The van der Waals surface area contributed by atoms with Gasteiger partial charge in [0, 0.05) is 0 Å². The first kappa shape index (κ1) is 23.1. The van der Waals surface area contributed by atoms with Crippen molar-refractivity contribution in [2.75, 3.05) is 0 Å². The zero-order valence-electron chi connectivity index (χ0n) is 18.9. The number of aryl methyl sites for hydroxylation is 1. The van der Waals surface area contributed by atoms with Crippen LogP contribution in [0.5, 0.6) is 5.75 Å². The molecule has 2 aromatic carbocycles. The first-order valence-electron chi connectivity index (χ1n) is 10.5. The van der Waals surface area contributed by atoms with Crippen molar-refractivity contribution in [2.24, 2.45) is 5.41 Å². The molecule has 4 nitrogen and oxygen atoms in total. The van der Waals surface area contributed by atoms with E-state index in [2.05, 4.69) is 44.8 Å². The summed E-state index contributed by atoms with van der Waals surface area (Å²) in [5, 5.41) is 19.5. The second-order valence-electron chi connectivity index (χ2n) is 10.1. The smallest absolute Gasteiger partial charge is 0.416 e. The average Bonchev–Trinajstić information content (AvgIpc) is 3.03. The number of phenols is 1. The van der Waals surface area contributed by atoms with Crippen LogP contribution in [0.4, 0.5) is 13.2 Å². The van der Waals surface area contributed by atoms with E-state index >= 15 is 0 Å². The minimum absolute atomic E-state index is 0.0634. The van der Waals surface area contributed by atoms with E-state index in [-0.39, 0.29) is 22.1 Å². The molecule has 31 heavy (non-hydrogen) atoms. The number of phenolic OH excluding ortho intramolecular Hbond substituents is 1. The first-order chi connectivity index (χ1) is 14.2. The van der Waals surface area contributed by atoms with Crippen molar-refractivity contribution in [3.05, 3.63) is 47.0 Å². The van der Waals surface area contributed by atoms with E-state index in [0.717, 1.165) is 36.1 Å². The molecule has 0 aliphatic carbocycles. The molecule has 0 aliphatic heterocycles. The van der Waals surface area contributed by atoms with Gasteiger partial charge in [-0.15, -0.1) is 15.0 Å². The number of aromatic nitrogens is 3. The van der Waals surface area contributed by atoms with Crippen molar-refractivity contribution in [2.45, 2.75) is 72.4 Å². The summed E-state index contributed by atoms with van der Waals surface area (Å²) in [6.07, 6.45) is -2.01. The molecule has 0 bridgehead atoms. The largest absolute Gasteiger partial charge is 0.505 e. The monoisotopic (exact) mass is 433 g/mol. The third-order valence-electron chi connectivity index (χ3n) is 5.36. The predicted octanol–water partition coefficient (Wildman–Crippen LogP) is 6.81. The van der Waals surface area contributed by atoms with Crippen LogP contribution in [0.15, 0.2) is 30.3 Å². The third kappa shape index (κ3) is 5.02. The SMILES string of the molecule is CCCc1cc(C(C)(C)CC(C)(C)C)cc(-n2nc3ccc(C(F)(F)F)cc3n2)c1O. The molecule has 3 rings (SSSR count). The molecule has 0 radical (unpaired) electrons. The molecule has 0 amide bonds. The predicted molar refractivity (Wildman–Crippen MR) is 117 cm³/mol. The lowest BCUT2D eigenvalue weighted by molar-refractivity contribution is -0.137. The number of nitrogens with zero attached hydrogens (tertiary/aromatic N) is 3. The van der Waals surface area contributed by atoms with Crippen molar-refractivity contribution in [1.29, 1.82) is 0 Å². The second-order valence-corrected chi connectivity index (χ2v) is 10.1. The Labute approximate surface area is 181 Å². The van der Waals surface area contributed by atoms with E-state index in [1.54, 1.807) is 0 Å². The Balaban J connectivity index is 2.16. The van der Waals surface area contributed by atoms with Gasteiger partial charge in [-0.1, -0.05) is 54.0 Å². The van der Waals surface area contributed by atoms with Crippen LogP contribution in [-0.4, -0.2) is 20.1 Å². The van der Waals surface area contributed by atoms with Crippen LogP contribution in [0.1, 0.15) is 71.1 Å². The number of alkyl halides is 3. The summed E-state index contributed by atoms with van der Waals surface area (Å²) in [7, 11) is 0. The quantitative estimate of drug-likeness (QED) is 0.481. The molecule has 168 valence electrons. The van der Waals surface area contributed by atoms with Crippen LogP contribution in [0, 0.1) is 5.41 Å². The maximum Gasteiger partial charge on any atom is 0.416 e. The van der Waals surface area contributed by atoms with Crippen LogP contribution in [-0.2, 0) is 18.0 Å². The highest BCUT2D eigenvalue weighted by Crippen LogP contribution is 2.40. The van der Waals surface area contributed by atoms with Crippen molar-refractivity contribution < 1.29 is 18.3 Å². The highest BCUT2D eigenvalue weighted by Gasteiger charge is 2.32.